The van der Waals surface area contributed by atoms with Crippen LogP contribution in [-0.4, -0.2) is 23.7 Å². The van der Waals surface area contributed by atoms with Crippen molar-refractivity contribution in [2.75, 3.05) is 23.0 Å². The van der Waals surface area contributed by atoms with Gasteiger partial charge in [0.1, 0.15) is 11.4 Å². The van der Waals surface area contributed by atoms with Gasteiger partial charge >= 0.3 is 6.18 Å². The summed E-state index contributed by atoms with van der Waals surface area (Å²) in [6, 6.07) is 4.68. The van der Waals surface area contributed by atoms with E-state index in [9.17, 15) is 22.8 Å². The molecule has 1 aliphatic rings. The Bertz CT molecular complexity index is 1060. The molecule has 1 aromatic heterocycles. The number of aromatic nitrogens is 1. The van der Waals surface area contributed by atoms with Crippen molar-refractivity contribution in [3.05, 3.63) is 57.1 Å². The average molecular weight is 437 g/mol. The topological polar surface area (TPSA) is 54.3 Å². The van der Waals surface area contributed by atoms with Gasteiger partial charge in [-0.25, -0.2) is 0 Å². The van der Waals surface area contributed by atoms with Gasteiger partial charge in [-0.2, -0.15) is 13.2 Å². The van der Waals surface area contributed by atoms with Gasteiger partial charge in [0, 0.05) is 36.8 Å². The molecule has 5 nitrogen and oxygen atoms in total. The molecule has 0 bridgehead atoms. The zero-order valence-electron chi connectivity index (χ0n) is 16.8. The highest BCUT2D eigenvalue weighted by atomic mass is 32.2. The Morgan fingerprint density at radius 3 is 2.53 bits per heavy atom. The van der Waals surface area contributed by atoms with Crippen LogP contribution in [0.25, 0.3) is 6.08 Å². The third kappa shape index (κ3) is 3.98. The van der Waals surface area contributed by atoms with Crippen LogP contribution in [0.15, 0.2) is 34.1 Å². The van der Waals surface area contributed by atoms with Gasteiger partial charge in [0.2, 0.25) is 0 Å². The van der Waals surface area contributed by atoms with Crippen molar-refractivity contribution in [3.8, 4) is 0 Å². The average Bonchev–Trinajstić information content (AvgIpc) is 2.71. The predicted molar refractivity (Wildman–Crippen MR) is 114 cm³/mol. The number of nitrogens with zero attached hydrogens (tertiary/aromatic N) is 2. The first-order valence-corrected chi connectivity index (χ1v) is 10.5. The second-order valence-electron chi connectivity index (χ2n) is 6.67. The van der Waals surface area contributed by atoms with Gasteiger partial charge in [0.05, 0.1) is 5.69 Å². The van der Waals surface area contributed by atoms with E-state index >= 15 is 0 Å². The Hall–Kier alpha value is -2.68. The number of halogens is 3. The highest BCUT2D eigenvalue weighted by Crippen LogP contribution is 2.37. The van der Waals surface area contributed by atoms with E-state index in [0.717, 1.165) is 38.7 Å². The minimum Gasteiger partial charge on any atom is -0.382 e. The fourth-order valence-corrected chi connectivity index (χ4v) is 4.35. The van der Waals surface area contributed by atoms with Gasteiger partial charge in [-0.3, -0.25) is 9.59 Å². The van der Waals surface area contributed by atoms with E-state index in [1.165, 1.54) is 25.7 Å². The molecule has 1 N–H and O–H groups in total. The Morgan fingerprint density at radius 2 is 1.97 bits per heavy atom. The van der Waals surface area contributed by atoms with Gasteiger partial charge in [0.15, 0.2) is 6.29 Å². The normalized spacial score (nSPS) is 13.3. The minimum atomic E-state index is -4.66. The Balaban J connectivity index is 2.13. The summed E-state index contributed by atoms with van der Waals surface area (Å²) < 4.78 is 41.5. The number of alkyl halides is 3. The number of nitrogens with one attached hydrogen (secondary N) is 1. The molecule has 0 saturated heterocycles. The number of rotatable bonds is 6. The number of benzene rings is 1. The molecule has 0 atom stereocenters. The van der Waals surface area contributed by atoms with Crippen LogP contribution >= 0.6 is 11.8 Å². The van der Waals surface area contributed by atoms with Crippen LogP contribution in [0.4, 0.5) is 24.5 Å². The SMILES string of the molecule is CCSc1cc2c(cc1C=O)C=CN(c1cc(C(F)(F)F)n(CC)c(=O)c1NC)C2. The van der Waals surface area contributed by atoms with Gasteiger partial charge in [-0.05, 0) is 48.1 Å². The van der Waals surface area contributed by atoms with E-state index in [1.54, 1.807) is 23.2 Å². The summed E-state index contributed by atoms with van der Waals surface area (Å²) >= 11 is 1.53. The van der Waals surface area contributed by atoms with Gasteiger partial charge in [-0.15, -0.1) is 11.8 Å². The summed E-state index contributed by atoms with van der Waals surface area (Å²) in [6.07, 6.45) is -0.477. The molecule has 0 saturated carbocycles. The Labute approximate surface area is 176 Å². The summed E-state index contributed by atoms with van der Waals surface area (Å²) in [6.45, 7) is 3.67. The van der Waals surface area contributed by atoms with Crippen molar-refractivity contribution >= 4 is 35.5 Å². The number of carbonyl (C=O) groups excluding carboxylic acids is 1. The Kier molecular flexibility index (Phi) is 6.30. The zero-order valence-corrected chi connectivity index (χ0v) is 17.7. The molecule has 30 heavy (non-hydrogen) atoms. The zero-order chi connectivity index (χ0) is 22.1. The minimum absolute atomic E-state index is 0.0899. The fraction of sp³-hybridized carbons (Fsp3) is 0.333. The number of anilines is 2. The van der Waals surface area contributed by atoms with Gasteiger partial charge < -0.3 is 14.8 Å². The first-order chi connectivity index (χ1) is 14.2. The van der Waals surface area contributed by atoms with Crippen LogP contribution in [0.3, 0.4) is 0 Å². The molecule has 1 aromatic carbocycles. The fourth-order valence-electron chi connectivity index (χ4n) is 3.54. The summed E-state index contributed by atoms with van der Waals surface area (Å²) in [5.41, 5.74) is 0.840. The number of pyridine rings is 1. The first-order valence-electron chi connectivity index (χ1n) is 9.47. The van der Waals surface area contributed by atoms with E-state index in [4.69, 9.17) is 0 Å². The molecule has 0 fully saturated rings. The van der Waals surface area contributed by atoms with Crippen molar-refractivity contribution in [1.29, 1.82) is 0 Å². The lowest BCUT2D eigenvalue weighted by atomic mass is 10.0. The maximum absolute atomic E-state index is 13.6. The lowest BCUT2D eigenvalue weighted by Gasteiger charge is -2.29. The first kappa shape index (κ1) is 22.0. The van der Waals surface area contributed by atoms with Crippen molar-refractivity contribution in [3.63, 3.8) is 0 Å². The summed E-state index contributed by atoms with van der Waals surface area (Å²) in [5.74, 6) is 0.785. The van der Waals surface area contributed by atoms with Crippen LogP contribution < -0.4 is 15.8 Å². The second-order valence-corrected chi connectivity index (χ2v) is 7.98. The molecule has 160 valence electrons. The molecule has 2 heterocycles. The smallest absolute Gasteiger partial charge is 0.382 e. The molecule has 0 aliphatic carbocycles. The number of thioether (sulfide) groups is 1. The molecular weight excluding hydrogens is 415 g/mol. The maximum atomic E-state index is 13.6. The third-order valence-corrected chi connectivity index (χ3v) is 5.87. The van der Waals surface area contributed by atoms with Crippen molar-refractivity contribution < 1.29 is 18.0 Å². The number of fused-ring (bicyclic) bond motifs is 1. The molecule has 1 aliphatic heterocycles. The van der Waals surface area contributed by atoms with Gasteiger partial charge in [0.25, 0.3) is 5.56 Å². The molecule has 2 aromatic rings. The van der Waals surface area contributed by atoms with Crippen LogP contribution in [0.5, 0.6) is 0 Å². The molecule has 0 spiro atoms. The van der Waals surface area contributed by atoms with E-state index < -0.39 is 17.4 Å². The summed E-state index contributed by atoms with van der Waals surface area (Å²) in [4.78, 5) is 26.6. The number of aldehydes is 1. The quantitative estimate of drug-likeness (QED) is 0.518. The Morgan fingerprint density at radius 1 is 1.23 bits per heavy atom. The van der Waals surface area contributed by atoms with Crippen LogP contribution in [0, 0.1) is 0 Å². The maximum Gasteiger partial charge on any atom is 0.431 e. The lowest BCUT2D eigenvalue weighted by Crippen LogP contribution is -2.32. The number of carbonyl (C=O) groups is 1. The van der Waals surface area contributed by atoms with E-state index in [1.807, 2.05) is 13.0 Å². The highest BCUT2D eigenvalue weighted by molar-refractivity contribution is 7.99. The molecule has 0 radical (unpaired) electrons. The van der Waals surface area contributed by atoms with Crippen LogP contribution in [0.2, 0.25) is 0 Å². The van der Waals surface area contributed by atoms with E-state index in [-0.39, 0.29) is 24.5 Å². The molecule has 9 heteroatoms. The lowest BCUT2D eigenvalue weighted by molar-refractivity contribution is -0.144. The van der Waals surface area contributed by atoms with Crippen molar-refractivity contribution in [1.82, 2.24) is 4.57 Å². The standard InChI is InChI=1S/C21H22F3N3O2S/c1-4-27-18(21(22,23)24)10-16(19(25-3)20(27)29)26-7-6-13-8-15(12-28)17(30-5-2)9-14(13)11-26/h6-10,12,25H,4-5,11H2,1-3H3. The number of hydrogen-bond acceptors (Lipinski definition) is 5. The number of hydrogen-bond donors (Lipinski definition) is 1. The van der Waals surface area contributed by atoms with Crippen molar-refractivity contribution in [2.24, 2.45) is 0 Å². The van der Waals surface area contributed by atoms with Gasteiger partial charge in [-0.1, -0.05) is 6.92 Å². The molecule has 0 amide bonds. The third-order valence-electron chi connectivity index (χ3n) is 4.92. The molecule has 3 rings (SSSR count). The summed E-state index contributed by atoms with van der Waals surface area (Å²) in [5, 5.41) is 2.76. The van der Waals surface area contributed by atoms with Crippen LogP contribution in [0.1, 0.15) is 41.0 Å². The van der Waals surface area contributed by atoms with Crippen molar-refractivity contribution in [2.45, 2.75) is 38.0 Å². The van der Waals surface area contributed by atoms with E-state index in [0.29, 0.717) is 5.56 Å². The monoisotopic (exact) mass is 437 g/mol. The predicted octanol–water partition coefficient (Wildman–Crippen LogP) is 4.84. The largest absolute Gasteiger partial charge is 0.431 e. The molecular formula is C21H22F3N3O2S. The van der Waals surface area contributed by atoms with E-state index in [2.05, 4.69) is 5.32 Å². The second kappa shape index (κ2) is 8.59. The molecule has 0 unspecified atom stereocenters. The summed E-state index contributed by atoms with van der Waals surface area (Å²) in [7, 11) is 1.52. The highest BCUT2D eigenvalue weighted by Gasteiger charge is 2.36. The van der Waals surface area contributed by atoms with Crippen LogP contribution in [-0.2, 0) is 19.3 Å².